The molecule has 0 heterocycles. The Balaban J connectivity index is 1.09. The third-order valence-corrected chi connectivity index (χ3v) is 10.3. The molecule has 4 fully saturated rings. The maximum absolute atomic E-state index is 11.6. The number of carbonyl (C=O) groups is 4. The van der Waals surface area contributed by atoms with Crippen molar-refractivity contribution in [1.29, 1.82) is 0 Å². The van der Waals surface area contributed by atoms with E-state index < -0.39 is 23.9 Å². The van der Waals surface area contributed by atoms with Gasteiger partial charge in [0.25, 0.3) is 0 Å². The Kier molecular flexibility index (Phi) is 7.87. The molecule has 4 atom stereocenters. The zero-order chi connectivity index (χ0) is 33.7. The molecule has 0 amide bonds. The fraction of sp³-hybridized carbons (Fsp3) is 0.263. The quantitative estimate of drug-likeness (QED) is 0.132. The molecule has 4 aromatic carbocycles. The molecule has 4 N–H and O–H groups in total. The predicted molar refractivity (Wildman–Crippen MR) is 172 cm³/mol. The fourth-order valence-corrected chi connectivity index (χ4v) is 8.64. The summed E-state index contributed by atoms with van der Waals surface area (Å²) >= 11 is 0. The minimum absolute atomic E-state index is 0.242. The van der Waals surface area contributed by atoms with Crippen molar-refractivity contribution in [2.45, 2.75) is 37.5 Å². The summed E-state index contributed by atoms with van der Waals surface area (Å²) in [6.07, 6.45) is 4.76. The van der Waals surface area contributed by atoms with Gasteiger partial charge in [-0.05, 0) is 133 Å². The molecule has 0 aliphatic heterocycles. The lowest BCUT2D eigenvalue weighted by atomic mass is 9.46. The van der Waals surface area contributed by atoms with Gasteiger partial charge in [0.1, 0.15) is 23.0 Å². The van der Waals surface area contributed by atoms with E-state index in [1.54, 1.807) is 0 Å². The molecule has 0 spiro atoms. The van der Waals surface area contributed by atoms with Crippen LogP contribution in [-0.4, -0.2) is 44.3 Å². The third-order valence-electron chi connectivity index (χ3n) is 10.3. The first-order chi connectivity index (χ1) is 23.0. The molecule has 0 radical (unpaired) electrons. The van der Waals surface area contributed by atoms with Gasteiger partial charge in [0, 0.05) is 0 Å². The highest BCUT2D eigenvalue weighted by Crippen LogP contribution is 2.65. The van der Waals surface area contributed by atoms with Crippen molar-refractivity contribution < 1.29 is 49.1 Å². The van der Waals surface area contributed by atoms with E-state index in [1.807, 2.05) is 24.3 Å². The molecule has 10 heteroatoms. The second-order valence-electron chi connectivity index (χ2n) is 13.0. The van der Waals surface area contributed by atoms with Crippen LogP contribution >= 0.6 is 0 Å². The van der Waals surface area contributed by atoms with Crippen LogP contribution in [0.25, 0.3) is 0 Å². The zero-order valence-corrected chi connectivity index (χ0v) is 25.6. The Bertz CT molecular complexity index is 1790. The lowest BCUT2D eigenvalue weighted by Crippen LogP contribution is -2.48. The molecule has 4 bridgehead atoms. The van der Waals surface area contributed by atoms with Gasteiger partial charge in [-0.15, -0.1) is 0 Å². The molecule has 0 saturated heterocycles. The molecule has 4 aliphatic carbocycles. The largest absolute Gasteiger partial charge is 0.478 e. The average Bonchev–Trinajstić information content (AvgIpc) is 3.05. The predicted octanol–water partition coefficient (Wildman–Crippen LogP) is 8.00. The maximum Gasteiger partial charge on any atom is 0.336 e. The van der Waals surface area contributed by atoms with E-state index in [2.05, 4.69) is 24.3 Å². The van der Waals surface area contributed by atoms with Gasteiger partial charge in [0.05, 0.1) is 22.3 Å². The Morgan fingerprint density at radius 2 is 0.833 bits per heavy atom. The number of aromatic carboxylic acids is 4. The smallest absolute Gasteiger partial charge is 0.336 e. The minimum Gasteiger partial charge on any atom is -0.478 e. The number of ether oxygens (including phenoxy) is 2. The summed E-state index contributed by atoms with van der Waals surface area (Å²) in [5, 5.41) is 37.5. The summed E-state index contributed by atoms with van der Waals surface area (Å²) < 4.78 is 11.8. The SMILES string of the molecule is O=C(O)c1ccc(Oc2ccc(C3C4CC5CC(C4)C(c4ccc(Oc6ccc(C(=O)O)c(C(=O)O)c6)cc4)C3C5)cc2)cc1C(=O)O. The highest BCUT2D eigenvalue weighted by Gasteiger charge is 2.54. The van der Waals surface area contributed by atoms with Crippen LogP contribution in [0.15, 0.2) is 84.9 Å². The average molecular weight is 649 g/mol. The molecule has 4 unspecified atom stereocenters. The van der Waals surface area contributed by atoms with E-state index in [-0.39, 0.29) is 33.8 Å². The van der Waals surface area contributed by atoms with Gasteiger partial charge in [0.2, 0.25) is 0 Å². The molecular weight excluding hydrogens is 616 g/mol. The topological polar surface area (TPSA) is 168 Å². The number of hydrogen-bond donors (Lipinski definition) is 4. The van der Waals surface area contributed by atoms with E-state index >= 15 is 0 Å². The van der Waals surface area contributed by atoms with Crippen LogP contribution < -0.4 is 9.47 Å². The Hall–Kier alpha value is -5.64. The summed E-state index contributed by atoms with van der Waals surface area (Å²) in [6, 6.07) is 23.7. The van der Waals surface area contributed by atoms with Crippen LogP contribution in [-0.2, 0) is 0 Å². The Labute approximate surface area is 275 Å². The van der Waals surface area contributed by atoms with Crippen molar-refractivity contribution >= 4 is 23.9 Å². The van der Waals surface area contributed by atoms with Gasteiger partial charge >= 0.3 is 23.9 Å². The van der Waals surface area contributed by atoms with Crippen molar-refractivity contribution in [2.24, 2.45) is 23.7 Å². The second-order valence-corrected chi connectivity index (χ2v) is 13.0. The highest BCUT2D eigenvalue weighted by molar-refractivity contribution is 6.02. The first-order valence-corrected chi connectivity index (χ1v) is 15.8. The first kappa shape index (κ1) is 31.0. The summed E-state index contributed by atoms with van der Waals surface area (Å²) in [5.41, 5.74) is 1.21. The summed E-state index contributed by atoms with van der Waals surface area (Å²) in [4.78, 5) is 46.0. The molecule has 10 nitrogen and oxygen atoms in total. The Morgan fingerprint density at radius 3 is 1.21 bits per heavy atom. The van der Waals surface area contributed by atoms with E-state index in [0.29, 0.717) is 41.1 Å². The maximum atomic E-state index is 11.6. The van der Waals surface area contributed by atoms with Crippen molar-refractivity contribution in [3.05, 3.63) is 118 Å². The summed E-state index contributed by atoms with van der Waals surface area (Å²) in [5.74, 6) is -0.635. The number of rotatable bonds is 10. The minimum atomic E-state index is -1.34. The highest BCUT2D eigenvalue weighted by atomic mass is 16.5. The molecule has 244 valence electrons. The van der Waals surface area contributed by atoms with Gasteiger partial charge in [-0.3, -0.25) is 0 Å². The van der Waals surface area contributed by atoms with Gasteiger partial charge in [-0.25, -0.2) is 19.2 Å². The monoisotopic (exact) mass is 648 g/mol. The molecule has 48 heavy (non-hydrogen) atoms. The zero-order valence-electron chi connectivity index (χ0n) is 25.6. The standard InChI is InChI=1S/C38H32O10/c39-35(40)28-11-9-26(17-30(28)37(43)44)47-24-5-1-20(2-6-24)33-22-13-19-14-23(16-22)34(32(33)15-19)21-3-7-25(8-4-21)48-27-10-12-29(36(41)42)31(18-27)38(45)46/h1-12,17-19,22-23,32-34H,13-16H2,(H,39,40)(H,41,42)(H,43,44)(H,45,46). The number of benzene rings is 4. The van der Waals surface area contributed by atoms with Crippen molar-refractivity contribution in [1.82, 2.24) is 0 Å². The molecule has 4 aromatic rings. The third kappa shape index (κ3) is 5.74. The van der Waals surface area contributed by atoms with Gasteiger partial charge in [-0.2, -0.15) is 0 Å². The second kappa shape index (κ2) is 12.2. The number of carboxylic acids is 4. The van der Waals surface area contributed by atoms with Crippen molar-refractivity contribution in [3.63, 3.8) is 0 Å². The van der Waals surface area contributed by atoms with Gasteiger partial charge in [0.15, 0.2) is 0 Å². The summed E-state index contributed by atoms with van der Waals surface area (Å²) in [6.45, 7) is 0. The molecule has 4 saturated carbocycles. The van der Waals surface area contributed by atoms with E-state index in [0.717, 1.165) is 18.8 Å². The van der Waals surface area contributed by atoms with Crippen LogP contribution in [0.2, 0.25) is 0 Å². The van der Waals surface area contributed by atoms with E-state index in [4.69, 9.17) is 9.47 Å². The van der Waals surface area contributed by atoms with Crippen LogP contribution in [0.1, 0.15) is 90.1 Å². The van der Waals surface area contributed by atoms with Crippen LogP contribution in [0.5, 0.6) is 23.0 Å². The van der Waals surface area contributed by atoms with Crippen LogP contribution in [0, 0.1) is 23.7 Å². The lowest BCUT2D eigenvalue weighted by Gasteiger charge is -2.59. The van der Waals surface area contributed by atoms with Crippen LogP contribution in [0.4, 0.5) is 0 Å². The van der Waals surface area contributed by atoms with Crippen LogP contribution in [0.3, 0.4) is 0 Å². The summed E-state index contributed by atoms with van der Waals surface area (Å²) in [7, 11) is 0. The van der Waals surface area contributed by atoms with E-state index in [1.165, 1.54) is 60.4 Å². The normalized spacial score (nSPS) is 23.8. The van der Waals surface area contributed by atoms with Gasteiger partial charge in [-0.1, -0.05) is 24.3 Å². The molecule has 0 aromatic heterocycles. The fourth-order valence-electron chi connectivity index (χ4n) is 8.64. The number of hydrogen-bond acceptors (Lipinski definition) is 6. The lowest BCUT2D eigenvalue weighted by molar-refractivity contribution is -0.0242. The molecule has 8 rings (SSSR count). The van der Waals surface area contributed by atoms with Gasteiger partial charge < -0.3 is 29.9 Å². The first-order valence-electron chi connectivity index (χ1n) is 15.8. The molecular formula is C38H32O10. The van der Waals surface area contributed by atoms with E-state index in [9.17, 15) is 39.6 Å². The van der Waals surface area contributed by atoms with Crippen molar-refractivity contribution in [2.75, 3.05) is 0 Å². The molecule has 4 aliphatic rings. The Morgan fingerprint density at radius 1 is 0.458 bits per heavy atom. The number of carboxylic acid groups (broad SMARTS) is 4. The van der Waals surface area contributed by atoms with Crippen molar-refractivity contribution in [3.8, 4) is 23.0 Å².